The fourth-order valence-electron chi connectivity index (χ4n) is 4.19. The van der Waals surface area contributed by atoms with E-state index in [4.69, 9.17) is 4.42 Å². The standard InChI is InChI=1S/C23H30N4O3/c1-17(27-10-9-19-5-3-4-6-20(19)16-27)15-24-23(29)26-13-11-25(12-14-26)22(28)21-8-7-18(2)30-21/h3-8,17H,9-16H2,1-2H3,(H,24,29). The molecule has 0 saturated carbocycles. The van der Waals surface area contributed by atoms with Crippen LogP contribution in [0.5, 0.6) is 0 Å². The van der Waals surface area contributed by atoms with E-state index >= 15 is 0 Å². The Morgan fingerprint density at radius 1 is 1.00 bits per heavy atom. The summed E-state index contributed by atoms with van der Waals surface area (Å²) < 4.78 is 5.43. The summed E-state index contributed by atoms with van der Waals surface area (Å²) in [7, 11) is 0. The number of furan rings is 1. The first-order valence-electron chi connectivity index (χ1n) is 10.7. The van der Waals surface area contributed by atoms with E-state index < -0.39 is 0 Å². The monoisotopic (exact) mass is 410 g/mol. The SMILES string of the molecule is Cc1ccc(C(=O)N2CCN(C(=O)NCC(C)N3CCc4ccccc4C3)CC2)o1. The summed E-state index contributed by atoms with van der Waals surface area (Å²) in [6, 6.07) is 12.3. The lowest BCUT2D eigenvalue weighted by molar-refractivity contribution is 0.0631. The molecule has 4 rings (SSSR count). The number of hydrogen-bond acceptors (Lipinski definition) is 4. The summed E-state index contributed by atoms with van der Waals surface area (Å²) in [5.74, 6) is 0.979. The topological polar surface area (TPSA) is 69.0 Å². The van der Waals surface area contributed by atoms with Gasteiger partial charge in [-0.1, -0.05) is 24.3 Å². The number of aryl methyl sites for hydroxylation is 1. The van der Waals surface area contributed by atoms with Crippen LogP contribution in [0.2, 0.25) is 0 Å². The van der Waals surface area contributed by atoms with Crippen molar-refractivity contribution in [3.05, 3.63) is 59.0 Å². The number of urea groups is 1. The largest absolute Gasteiger partial charge is 0.456 e. The van der Waals surface area contributed by atoms with E-state index in [-0.39, 0.29) is 18.0 Å². The number of nitrogens with zero attached hydrogens (tertiary/aromatic N) is 3. The average Bonchev–Trinajstić information content (AvgIpc) is 3.22. The van der Waals surface area contributed by atoms with Gasteiger partial charge in [0.05, 0.1) is 0 Å². The van der Waals surface area contributed by atoms with Gasteiger partial charge in [-0.2, -0.15) is 0 Å². The van der Waals surface area contributed by atoms with Gasteiger partial charge in [0.15, 0.2) is 5.76 Å². The minimum atomic E-state index is -0.109. The highest BCUT2D eigenvalue weighted by atomic mass is 16.3. The predicted molar refractivity (Wildman–Crippen MR) is 114 cm³/mol. The molecule has 7 nitrogen and oxygen atoms in total. The van der Waals surface area contributed by atoms with Crippen LogP contribution in [0.4, 0.5) is 4.79 Å². The first-order valence-corrected chi connectivity index (χ1v) is 10.7. The second-order valence-electron chi connectivity index (χ2n) is 8.21. The Hall–Kier alpha value is -2.80. The van der Waals surface area contributed by atoms with Crippen LogP contribution in [-0.2, 0) is 13.0 Å². The predicted octanol–water partition coefficient (Wildman–Crippen LogP) is 2.50. The van der Waals surface area contributed by atoms with Crippen LogP contribution in [0.1, 0.15) is 34.4 Å². The lowest BCUT2D eigenvalue weighted by atomic mass is 9.99. The Kier molecular flexibility index (Phi) is 6.08. The van der Waals surface area contributed by atoms with E-state index in [0.29, 0.717) is 38.5 Å². The summed E-state index contributed by atoms with van der Waals surface area (Å²) in [5, 5.41) is 3.08. The molecule has 1 unspecified atom stereocenters. The third-order valence-corrected chi connectivity index (χ3v) is 6.14. The Labute approximate surface area is 177 Å². The maximum Gasteiger partial charge on any atom is 0.317 e. The van der Waals surface area contributed by atoms with E-state index in [1.165, 1.54) is 11.1 Å². The van der Waals surface area contributed by atoms with Gasteiger partial charge in [0.1, 0.15) is 5.76 Å². The first-order chi connectivity index (χ1) is 14.5. The Bertz CT molecular complexity index is 901. The highest BCUT2D eigenvalue weighted by Gasteiger charge is 2.27. The normalized spacial score (nSPS) is 18.1. The van der Waals surface area contributed by atoms with Crippen LogP contribution in [0, 0.1) is 6.92 Å². The summed E-state index contributed by atoms with van der Waals surface area (Å²) in [5.41, 5.74) is 2.82. The van der Waals surface area contributed by atoms with Gasteiger partial charge in [0, 0.05) is 51.9 Å². The van der Waals surface area contributed by atoms with Crippen molar-refractivity contribution in [2.75, 3.05) is 39.3 Å². The van der Waals surface area contributed by atoms with Crippen LogP contribution in [-0.4, -0.2) is 71.9 Å². The number of benzene rings is 1. The van der Waals surface area contributed by atoms with Crippen molar-refractivity contribution in [2.45, 2.75) is 32.9 Å². The second-order valence-corrected chi connectivity index (χ2v) is 8.21. The molecule has 0 aliphatic carbocycles. The number of rotatable bonds is 4. The van der Waals surface area contributed by atoms with Crippen molar-refractivity contribution < 1.29 is 14.0 Å². The minimum Gasteiger partial charge on any atom is -0.456 e. The molecular weight excluding hydrogens is 380 g/mol. The van der Waals surface area contributed by atoms with Crippen LogP contribution < -0.4 is 5.32 Å². The van der Waals surface area contributed by atoms with E-state index in [0.717, 1.165) is 25.3 Å². The molecule has 1 saturated heterocycles. The quantitative estimate of drug-likeness (QED) is 0.841. The number of nitrogens with one attached hydrogen (secondary N) is 1. The molecule has 3 amide bonds. The number of carbonyl (C=O) groups excluding carboxylic acids is 2. The number of amides is 3. The van der Waals surface area contributed by atoms with E-state index in [1.54, 1.807) is 21.9 Å². The second kappa shape index (κ2) is 8.92. The molecule has 1 aromatic carbocycles. The van der Waals surface area contributed by atoms with Crippen molar-refractivity contribution in [2.24, 2.45) is 0 Å². The summed E-state index contributed by atoms with van der Waals surface area (Å²) >= 11 is 0. The lowest BCUT2D eigenvalue weighted by Gasteiger charge is -2.36. The molecule has 0 radical (unpaired) electrons. The molecule has 0 bridgehead atoms. The highest BCUT2D eigenvalue weighted by molar-refractivity contribution is 5.91. The fraction of sp³-hybridized carbons (Fsp3) is 0.478. The van der Waals surface area contributed by atoms with Gasteiger partial charge in [-0.05, 0) is 43.5 Å². The summed E-state index contributed by atoms with van der Waals surface area (Å²) in [4.78, 5) is 31.0. The maximum absolute atomic E-state index is 12.6. The molecule has 2 aliphatic rings. The number of carbonyl (C=O) groups is 2. The first kappa shape index (κ1) is 20.5. The molecule has 1 fully saturated rings. The molecule has 1 aromatic heterocycles. The highest BCUT2D eigenvalue weighted by Crippen LogP contribution is 2.20. The molecule has 1 atom stereocenters. The Morgan fingerprint density at radius 3 is 2.40 bits per heavy atom. The summed E-state index contributed by atoms with van der Waals surface area (Å²) in [6.45, 7) is 8.65. The van der Waals surface area contributed by atoms with Crippen molar-refractivity contribution in [3.63, 3.8) is 0 Å². The molecule has 1 N–H and O–H groups in total. The summed E-state index contributed by atoms with van der Waals surface area (Å²) in [6.07, 6.45) is 1.06. The van der Waals surface area contributed by atoms with Gasteiger partial charge in [-0.3, -0.25) is 9.69 Å². The smallest absolute Gasteiger partial charge is 0.317 e. The van der Waals surface area contributed by atoms with E-state index in [2.05, 4.69) is 41.4 Å². The zero-order valence-electron chi connectivity index (χ0n) is 17.8. The molecular formula is C23H30N4O3. The molecule has 3 heterocycles. The van der Waals surface area contributed by atoms with Crippen LogP contribution in [0.15, 0.2) is 40.8 Å². The third-order valence-electron chi connectivity index (χ3n) is 6.14. The molecule has 30 heavy (non-hydrogen) atoms. The van der Waals surface area contributed by atoms with Gasteiger partial charge in [-0.15, -0.1) is 0 Å². The zero-order chi connectivity index (χ0) is 21.1. The lowest BCUT2D eigenvalue weighted by Crippen LogP contribution is -2.54. The van der Waals surface area contributed by atoms with Gasteiger partial charge >= 0.3 is 6.03 Å². The average molecular weight is 411 g/mol. The van der Waals surface area contributed by atoms with Crippen molar-refractivity contribution in [3.8, 4) is 0 Å². The van der Waals surface area contributed by atoms with E-state index in [9.17, 15) is 9.59 Å². The molecule has 2 aliphatic heterocycles. The zero-order valence-corrected chi connectivity index (χ0v) is 17.8. The maximum atomic E-state index is 12.6. The number of hydrogen-bond donors (Lipinski definition) is 1. The van der Waals surface area contributed by atoms with Crippen LogP contribution >= 0.6 is 0 Å². The van der Waals surface area contributed by atoms with Gasteiger partial charge in [0.25, 0.3) is 5.91 Å². The van der Waals surface area contributed by atoms with Gasteiger partial charge in [0.2, 0.25) is 0 Å². The molecule has 7 heteroatoms. The Morgan fingerprint density at radius 2 is 1.70 bits per heavy atom. The Balaban J connectivity index is 1.22. The van der Waals surface area contributed by atoms with Crippen LogP contribution in [0.3, 0.4) is 0 Å². The minimum absolute atomic E-state index is 0.0554. The van der Waals surface area contributed by atoms with Gasteiger partial charge in [-0.25, -0.2) is 4.79 Å². The van der Waals surface area contributed by atoms with E-state index in [1.807, 2.05) is 6.92 Å². The number of fused-ring (bicyclic) bond motifs is 1. The molecule has 160 valence electrons. The fourth-order valence-corrected chi connectivity index (χ4v) is 4.19. The van der Waals surface area contributed by atoms with Gasteiger partial charge < -0.3 is 19.5 Å². The molecule has 0 spiro atoms. The molecule has 2 aromatic rings. The van der Waals surface area contributed by atoms with Crippen molar-refractivity contribution in [1.29, 1.82) is 0 Å². The third kappa shape index (κ3) is 4.51. The van der Waals surface area contributed by atoms with Crippen LogP contribution in [0.25, 0.3) is 0 Å². The number of piperazine rings is 1. The van der Waals surface area contributed by atoms with Crippen molar-refractivity contribution >= 4 is 11.9 Å². The van der Waals surface area contributed by atoms with Crippen molar-refractivity contribution in [1.82, 2.24) is 20.0 Å².